The minimum atomic E-state index is -3.74. The molecule has 0 aliphatic rings. The van der Waals surface area contributed by atoms with Gasteiger partial charge in [0.25, 0.3) is 5.91 Å². The lowest BCUT2D eigenvalue weighted by Gasteiger charge is -2.23. The van der Waals surface area contributed by atoms with E-state index < -0.39 is 22.5 Å². The van der Waals surface area contributed by atoms with Crippen LogP contribution >= 0.6 is 11.6 Å². The molecule has 1 N–H and O–H groups in total. The van der Waals surface area contributed by atoms with Crippen LogP contribution in [0, 0.1) is 0 Å². The SMILES string of the molecule is COc1ccccc1N(CC(=O)N/N=C/c1ccc(OCc2ccc(Cl)cc2)cc1)S(C)(=O)=O. The van der Waals surface area contributed by atoms with E-state index in [-0.39, 0.29) is 5.69 Å². The number of ether oxygens (including phenoxy) is 2. The minimum Gasteiger partial charge on any atom is -0.495 e. The Kier molecular flexibility index (Phi) is 8.50. The van der Waals surface area contributed by atoms with Gasteiger partial charge in [0, 0.05) is 5.02 Å². The third kappa shape index (κ3) is 7.23. The quantitative estimate of drug-likeness (QED) is 0.336. The van der Waals surface area contributed by atoms with Crippen molar-refractivity contribution in [2.24, 2.45) is 5.10 Å². The van der Waals surface area contributed by atoms with Crippen LogP contribution in [0.25, 0.3) is 0 Å². The maximum Gasteiger partial charge on any atom is 0.260 e. The van der Waals surface area contributed by atoms with Gasteiger partial charge in [0.05, 0.1) is 25.3 Å². The summed E-state index contributed by atoms with van der Waals surface area (Å²) in [5.74, 6) is 0.412. The van der Waals surface area contributed by atoms with E-state index in [9.17, 15) is 13.2 Å². The highest BCUT2D eigenvalue weighted by molar-refractivity contribution is 7.92. The first-order chi connectivity index (χ1) is 16.3. The predicted molar refractivity (Wildman–Crippen MR) is 133 cm³/mol. The molecule has 0 fully saturated rings. The van der Waals surface area contributed by atoms with Crippen molar-refractivity contribution in [1.29, 1.82) is 0 Å². The van der Waals surface area contributed by atoms with E-state index in [1.807, 2.05) is 12.1 Å². The molecule has 0 spiro atoms. The number of hydrazone groups is 1. The van der Waals surface area contributed by atoms with Crippen LogP contribution < -0.4 is 19.2 Å². The van der Waals surface area contributed by atoms with Gasteiger partial charge in [-0.3, -0.25) is 9.10 Å². The lowest BCUT2D eigenvalue weighted by Crippen LogP contribution is -2.39. The second-order valence-electron chi connectivity index (χ2n) is 7.22. The average Bonchev–Trinajstić information content (AvgIpc) is 2.82. The zero-order chi connectivity index (χ0) is 24.6. The summed E-state index contributed by atoms with van der Waals surface area (Å²) >= 11 is 5.88. The molecule has 0 bridgehead atoms. The van der Waals surface area contributed by atoms with Gasteiger partial charge in [-0.15, -0.1) is 0 Å². The largest absolute Gasteiger partial charge is 0.495 e. The van der Waals surface area contributed by atoms with E-state index in [1.165, 1.54) is 13.3 Å². The summed E-state index contributed by atoms with van der Waals surface area (Å²) in [5, 5.41) is 4.58. The highest BCUT2D eigenvalue weighted by Gasteiger charge is 2.23. The molecule has 0 aliphatic carbocycles. The summed E-state index contributed by atoms with van der Waals surface area (Å²) in [6, 6.07) is 21.1. The van der Waals surface area contributed by atoms with Crippen LogP contribution in [0.2, 0.25) is 5.02 Å². The van der Waals surface area contributed by atoms with Crippen molar-refractivity contribution in [1.82, 2.24) is 5.43 Å². The molecular weight excluding hydrogens is 478 g/mol. The van der Waals surface area contributed by atoms with E-state index in [0.717, 1.165) is 21.7 Å². The van der Waals surface area contributed by atoms with E-state index in [0.29, 0.717) is 23.1 Å². The number of nitrogens with one attached hydrogen (secondary N) is 1. The molecule has 178 valence electrons. The Bertz CT molecular complexity index is 1250. The normalized spacial score (nSPS) is 11.3. The molecule has 0 aromatic heterocycles. The fourth-order valence-electron chi connectivity index (χ4n) is 2.96. The Hall–Kier alpha value is -3.56. The van der Waals surface area contributed by atoms with Crippen LogP contribution in [-0.2, 0) is 21.4 Å². The number of nitrogens with zero attached hydrogens (tertiary/aromatic N) is 2. The minimum absolute atomic E-state index is 0.265. The first-order valence-corrected chi connectivity index (χ1v) is 12.4. The topological polar surface area (TPSA) is 97.3 Å². The number of anilines is 1. The smallest absolute Gasteiger partial charge is 0.260 e. The molecule has 0 unspecified atom stereocenters. The number of rotatable bonds is 10. The van der Waals surface area contributed by atoms with E-state index in [4.69, 9.17) is 21.1 Å². The van der Waals surface area contributed by atoms with Crippen molar-refractivity contribution in [3.05, 3.63) is 88.9 Å². The number of methoxy groups -OCH3 is 1. The van der Waals surface area contributed by atoms with Crippen LogP contribution in [-0.4, -0.2) is 40.4 Å². The molecule has 0 radical (unpaired) electrons. The maximum atomic E-state index is 12.4. The number of carbonyl (C=O) groups excluding carboxylic acids is 1. The molecule has 10 heteroatoms. The first kappa shape index (κ1) is 25.1. The lowest BCUT2D eigenvalue weighted by molar-refractivity contribution is -0.119. The summed E-state index contributed by atoms with van der Waals surface area (Å²) in [7, 11) is -2.31. The summed E-state index contributed by atoms with van der Waals surface area (Å²) in [5.41, 5.74) is 4.33. The monoisotopic (exact) mass is 501 g/mol. The van der Waals surface area contributed by atoms with E-state index in [2.05, 4.69) is 10.5 Å². The molecule has 34 heavy (non-hydrogen) atoms. The van der Waals surface area contributed by atoms with Crippen molar-refractivity contribution in [2.75, 3.05) is 24.2 Å². The zero-order valence-corrected chi connectivity index (χ0v) is 20.2. The van der Waals surface area contributed by atoms with Crippen LogP contribution in [0.1, 0.15) is 11.1 Å². The molecule has 0 saturated heterocycles. The second-order valence-corrected chi connectivity index (χ2v) is 9.56. The highest BCUT2D eigenvalue weighted by atomic mass is 35.5. The molecule has 0 atom stereocenters. The van der Waals surface area contributed by atoms with E-state index >= 15 is 0 Å². The summed E-state index contributed by atoms with van der Waals surface area (Å²) in [6.07, 6.45) is 2.47. The molecule has 0 saturated carbocycles. The third-order valence-corrected chi connectivity index (χ3v) is 6.02. The van der Waals surface area contributed by atoms with Crippen LogP contribution in [0.3, 0.4) is 0 Å². The zero-order valence-electron chi connectivity index (χ0n) is 18.6. The number of amides is 1. The number of benzene rings is 3. The van der Waals surface area contributed by atoms with Crippen molar-refractivity contribution in [2.45, 2.75) is 6.61 Å². The van der Waals surface area contributed by atoms with E-state index in [1.54, 1.807) is 60.7 Å². The Morgan fingerprint density at radius 2 is 1.74 bits per heavy atom. The van der Waals surface area contributed by atoms with Crippen LogP contribution in [0.4, 0.5) is 5.69 Å². The Balaban J connectivity index is 1.56. The van der Waals surface area contributed by atoms with Crippen LogP contribution in [0.5, 0.6) is 11.5 Å². The Labute approximate surface area is 203 Å². The molecule has 3 aromatic carbocycles. The molecule has 3 rings (SSSR count). The number of para-hydroxylation sites is 2. The van der Waals surface area contributed by atoms with Gasteiger partial charge in [-0.25, -0.2) is 13.8 Å². The van der Waals surface area contributed by atoms with Gasteiger partial charge in [0.2, 0.25) is 10.0 Å². The Morgan fingerprint density at radius 1 is 1.06 bits per heavy atom. The van der Waals surface area contributed by atoms with Crippen molar-refractivity contribution >= 4 is 39.4 Å². The molecular formula is C24H24ClN3O5S. The summed E-state index contributed by atoms with van der Waals surface area (Å²) in [6.45, 7) is -0.0439. The molecule has 1 amide bonds. The van der Waals surface area contributed by atoms with Gasteiger partial charge < -0.3 is 9.47 Å². The number of halogens is 1. The van der Waals surface area contributed by atoms with Crippen molar-refractivity contribution in [3.63, 3.8) is 0 Å². The van der Waals surface area contributed by atoms with Crippen molar-refractivity contribution in [3.8, 4) is 11.5 Å². The fraction of sp³-hybridized carbons (Fsp3) is 0.167. The first-order valence-electron chi connectivity index (χ1n) is 10.2. The molecule has 3 aromatic rings. The standard InChI is InChI=1S/C24H24ClN3O5S/c1-32-23-6-4-3-5-22(23)28(34(2,30)31)16-24(29)27-26-15-18-9-13-21(14-10-18)33-17-19-7-11-20(25)12-8-19/h3-15H,16-17H2,1-2H3,(H,27,29)/b26-15+. The second kappa shape index (κ2) is 11.5. The molecule has 0 heterocycles. The van der Waals surface area contributed by atoms with Gasteiger partial charge in [-0.2, -0.15) is 5.10 Å². The number of carbonyl (C=O) groups is 1. The number of sulfonamides is 1. The molecule has 8 nitrogen and oxygen atoms in total. The van der Waals surface area contributed by atoms with Gasteiger partial charge in [0.15, 0.2) is 0 Å². The number of hydrogen-bond acceptors (Lipinski definition) is 6. The third-order valence-electron chi connectivity index (χ3n) is 4.64. The van der Waals surface area contributed by atoms with Gasteiger partial charge >= 0.3 is 0 Å². The highest BCUT2D eigenvalue weighted by Crippen LogP contribution is 2.29. The van der Waals surface area contributed by atoms with Gasteiger partial charge in [-0.05, 0) is 59.7 Å². The predicted octanol–water partition coefficient (Wildman–Crippen LogP) is 3.84. The maximum absolute atomic E-state index is 12.4. The van der Waals surface area contributed by atoms with Gasteiger partial charge in [0.1, 0.15) is 24.7 Å². The summed E-state index contributed by atoms with van der Waals surface area (Å²) in [4.78, 5) is 12.4. The van der Waals surface area contributed by atoms with Crippen molar-refractivity contribution < 1.29 is 22.7 Å². The van der Waals surface area contributed by atoms with Crippen LogP contribution in [0.15, 0.2) is 77.9 Å². The summed E-state index contributed by atoms with van der Waals surface area (Å²) < 4.78 is 36.4. The molecule has 0 aliphatic heterocycles. The van der Waals surface area contributed by atoms with Gasteiger partial charge in [-0.1, -0.05) is 35.9 Å². The average molecular weight is 502 g/mol. The lowest BCUT2D eigenvalue weighted by atomic mass is 10.2. The number of hydrogen-bond donors (Lipinski definition) is 1. The fourth-order valence-corrected chi connectivity index (χ4v) is 3.94. The Morgan fingerprint density at radius 3 is 2.38 bits per heavy atom.